The molecule has 1 aromatic heterocycles. The second-order valence-corrected chi connectivity index (χ2v) is 4.61. The molecule has 2 heterocycles. The summed E-state index contributed by atoms with van der Waals surface area (Å²) < 4.78 is 28.8. The lowest BCUT2D eigenvalue weighted by molar-refractivity contribution is 0.187. The van der Waals surface area contributed by atoms with Gasteiger partial charge in [-0.2, -0.15) is 4.98 Å². The van der Waals surface area contributed by atoms with Gasteiger partial charge in [-0.25, -0.2) is 4.39 Å². The van der Waals surface area contributed by atoms with Crippen LogP contribution in [0.15, 0.2) is 22.7 Å². The van der Waals surface area contributed by atoms with Crippen LogP contribution in [0.1, 0.15) is 11.8 Å². The number of benzene rings is 1. The summed E-state index contributed by atoms with van der Waals surface area (Å²) >= 11 is 0. The summed E-state index contributed by atoms with van der Waals surface area (Å²) in [5.74, 6) is 0.408. The zero-order valence-corrected chi connectivity index (χ0v) is 10.9. The van der Waals surface area contributed by atoms with Gasteiger partial charge in [0.2, 0.25) is 11.7 Å². The van der Waals surface area contributed by atoms with Crippen LogP contribution in [0.4, 0.5) is 4.39 Å². The van der Waals surface area contributed by atoms with Gasteiger partial charge in [0.05, 0.1) is 26.2 Å². The van der Waals surface area contributed by atoms with Gasteiger partial charge in [0.25, 0.3) is 0 Å². The second kappa shape index (κ2) is 5.18. The van der Waals surface area contributed by atoms with Gasteiger partial charge in [-0.1, -0.05) is 5.16 Å². The lowest BCUT2D eigenvalue weighted by atomic mass is 10.1. The van der Waals surface area contributed by atoms with Crippen LogP contribution in [0.25, 0.3) is 11.4 Å². The zero-order valence-electron chi connectivity index (χ0n) is 10.9. The van der Waals surface area contributed by atoms with E-state index in [4.69, 9.17) is 19.7 Å². The summed E-state index contributed by atoms with van der Waals surface area (Å²) in [5, 5.41) is 3.90. The maximum Gasteiger partial charge on any atom is 0.234 e. The fourth-order valence-electron chi connectivity index (χ4n) is 2.13. The van der Waals surface area contributed by atoms with E-state index < -0.39 is 5.82 Å². The molecule has 2 atom stereocenters. The number of nitrogens with zero attached hydrogens (tertiary/aromatic N) is 2. The van der Waals surface area contributed by atoms with Crippen LogP contribution in [0.2, 0.25) is 0 Å². The van der Waals surface area contributed by atoms with Crippen molar-refractivity contribution in [3.8, 4) is 17.1 Å². The maximum absolute atomic E-state index is 13.4. The van der Waals surface area contributed by atoms with Crippen LogP contribution in [0, 0.1) is 5.82 Å². The smallest absolute Gasteiger partial charge is 0.234 e. The number of nitrogens with two attached hydrogens (primary N) is 1. The predicted octanol–water partition coefficient (Wildman–Crippen LogP) is 1.33. The van der Waals surface area contributed by atoms with Crippen LogP contribution in [-0.2, 0) is 4.74 Å². The Labute approximate surface area is 114 Å². The van der Waals surface area contributed by atoms with Crippen molar-refractivity contribution in [1.82, 2.24) is 10.1 Å². The van der Waals surface area contributed by atoms with Crippen molar-refractivity contribution in [2.24, 2.45) is 5.73 Å². The topological polar surface area (TPSA) is 83.4 Å². The number of aromatic nitrogens is 2. The molecule has 0 amide bonds. The van der Waals surface area contributed by atoms with Gasteiger partial charge in [0, 0.05) is 11.6 Å². The number of hydrogen-bond donors (Lipinski definition) is 1. The second-order valence-electron chi connectivity index (χ2n) is 4.61. The number of ether oxygens (including phenoxy) is 2. The first-order valence-corrected chi connectivity index (χ1v) is 6.20. The lowest BCUT2D eigenvalue weighted by Crippen LogP contribution is -2.26. The molecule has 106 valence electrons. The van der Waals surface area contributed by atoms with Gasteiger partial charge in [-0.05, 0) is 18.2 Å². The molecule has 1 saturated heterocycles. The Bertz CT molecular complexity index is 617. The van der Waals surface area contributed by atoms with Gasteiger partial charge in [-0.3, -0.25) is 0 Å². The summed E-state index contributed by atoms with van der Waals surface area (Å²) in [5.41, 5.74) is 6.52. The molecule has 7 heteroatoms. The van der Waals surface area contributed by atoms with Gasteiger partial charge < -0.3 is 19.7 Å². The quantitative estimate of drug-likeness (QED) is 0.912. The summed E-state index contributed by atoms with van der Waals surface area (Å²) in [4.78, 5) is 4.30. The van der Waals surface area contributed by atoms with Gasteiger partial charge >= 0.3 is 0 Å². The number of rotatable bonds is 3. The molecule has 1 aliphatic rings. The fourth-order valence-corrected chi connectivity index (χ4v) is 2.13. The third kappa shape index (κ3) is 2.25. The van der Waals surface area contributed by atoms with E-state index in [-0.39, 0.29) is 17.7 Å². The summed E-state index contributed by atoms with van der Waals surface area (Å²) in [6.45, 7) is 0.947. The standard InChI is InChI=1S/C13H14FN3O3/c1-18-11-4-7(2-3-9(11)14)12-16-13(20-17-12)8-5-19-6-10(8)15/h2-4,8,10H,5-6,15H2,1H3. The molecule has 6 nitrogen and oxygen atoms in total. The van der Waals surface area contributed by atoms with E-state index in [2.05, 4.69) is 10.1 Å². The van der Waals surface area contributed by atoms with Gasteiger partial charge in [-0.15, -0.1) is 0 Å². The number of halogens is 1. The Kier molecular flexibility index (Phi) is 3.37. The van der Waals surface area contributed by atoms with E-state index >= 15 is 0 Å². The van der Waals surface area contributed by atoms with E-state index in [9.17, 15) is 4.39 Å². The van der Waals surface area contributed by atoms with Crippen molar-refractivity contribution < 1.29 is 18.4 Å². The average molecular weight is 279 g/mol. The maximum atomic E-state index is 13.4. The highest BCUT2D eigenvalue weighted by molar-refractivity contribution is 5.57. The first kappa shape index (κ1) is 13.0. The van der Waals surface area contributed by atoms with Gasteiger partial charge in [0.1, 0.15) is 0 Å². The molecule has 2 unspecified atom stereocenters. The van der Waals surface area contributed by atoms with Crippen molar-refractivity contribution >= 4 is 0 Å². The Hall–Kier alpha value is -1.99. The highest BCUT2D eigenvalue weighted by atomic mass is 19.1. The molecule has 0 radical (unpaired) electrons. The van der Waals surface area contributed by atoms with E-state index in [1.165, 1.54) is 19.2 Å². The van der Waals surface area contributed by atoms with Crippen molar-refractivity contribution in [3.63, 3.8) is 0 Å². The molecule has 1 aliphatic heterocycles. The number of methoxy groups -OCH3 is 1. The van der Waals surface area contributed by atoms with Crippen molar-refractivity contribution in [2.75, 3.05) is 20.3 Å². The molecule has 0 spiro atoms. The van der Waals surface area contributed by atoms with E-state index in [1.807, 2.05) is 0 Å². The normalized spacial score (nSPS) is 22.1. The largest absolute Gasteiger partial charge is 0.494 e. The Balaban J connectivity index is 1.90. The molecule has 0 aliphatic carbocycles. The van der Waals surface area contributed by atoms with Crippen LogP contribution < -0.4 is 10.5 Å². The molecule has 1 fully saturated rings. The molecule has 2 N–H and O–H groups in total. The Morgan fingerprint density at radius 1 is 1.40 bits per heavy atom. The van der Waals surface area contributed by atoms with E-state index in [1.54, 1.807) is 6.07 Å². The van der Waals surface area contributed by atoms with Crippen molar-refractivity contribution in [2.45, 2.75) is 12.0 Å². The van der Waals surface area contributed by atoms with Gasteiger partial charge in [0.15, 0.2) is 11.6 Å². The molecule has 0 bridgehead atoms. The van der Waals surface area contributed by atoms with E-state index in [0.717, 1.165) is 0 Å². The highest BCUT2D eigenvalue weighted by Crippen LogP contribution is 2.28. The molecule has 2 aromatic rings. The predicted molar refractivity (Wildman–Crippen MR) is 67.8 cm³/mol. The fraction of sp³-hybridized carbons (Fsp3) is 0.385. The molecule has 1 aromatic carbocycles. The van der Waals surface area contributed by atoms with Crippen LogP contribution in [0.3, 0.4) is 0 Å². The third-order valence-corrected chi connectivity index (χ3v) is 3.29. The minimum atomic E-state index is -0.439. The monoisotopic (exact) mass is 279 g/mol. The van der Waals surface area contributed by atoms with Crippen LogP contribution >= 0.6 is 0 Å². The molecule has 20 heavy (non-hydrogen) atoms. The minimum absolute atomic E-state index is 0.0985. The highest BCUT2D eigenvalue weighted by Gasteiger charge is 2.31. The summed E-state index contributed by atoms with van der Waals surface area (Å²) in [6.07, 6.45) is 0. The summed E-state index contributed by atoms with van der Waals surface area (Å²) in [6, 6.07) is 4.24. The van der Waals surface area contributed by atoms with E-state index in [0.29, 0.717) is 30.5 Å². The zero-order chi connectivity index (χ0) is 14.1. The third-order valence-electron chi connectivity index (χ3n) is 3.29. The summed E-state index contributed by atoms with van der Waals surface area (Å²) in [7, 11) is 1.40. The van der Waals surface area contributed by atoms with Crippen LogP contribution in [0.5, 0.6) is 5.75 Å². The minimum Gasteiger partial charge on any atom is -0.494 e. The molecular weight excluding hydrogens is 265 g/mol. The Morgan fingerprint density at radius 2 is 2.25 bits per heavy atom. The number of hydrogen-bond acceptors (Lipinski definition) is 6. The first-order valence-electron chi connectivity index (χ1n) is 6.20. The lowest BCUT2D eigenvalue weighted by Gasteiger charge is -2.06. The molecular formula is C13H14FN3O3. The Morgan fingerprint density at radius 3 is 2.95 bits per heavy atom. The van der Waals surface area contributed by atoms with Crippen molar-refractivity contribution in [3.05, 3.63) is 29.9 Å². The van der Waals surface area contributed by atoms with Crippen LogP contribution in [-0.4, -0.2) is 36.5 Å². The molecule has 0 saturated carbocycles. The van der Waals surface area contributed by atoms with Crippen molar-refractivity contribution in [1.29, 1.82) is 0 Å². The SMILES string of the molecule is COc1cc(-c2noc(C3COCC3N)n2)ccc1F. The molecule has 3 rings (SSSR count). The average Bonchev–Trinajstić information content (AvgIpc) is 3.08. The first-order chi connectivity index (χ1) is 9.69.